The summed E-state index contributed by atoms with van der Waals surface area (Å²) in [6, 6.07) is -5.13. The lowest BCUT2D eigenvalue weighted by molar-refractivity contribution is -0.153. The number of carbonyl (C=O) groups is 14. The summed E-state index contributed by atoms with van der Waals surface area (Å²) in [5.41, 5.74) is -1.09. The molecule has 0 radical (unpaired) electrons. The summed E-state index contributed by atoms with van der Waals surface area (Å²) in [6.07, 6.45) is 1.33. The van der Waals surface area contributed by atoms with Crippen LogP contribution in [0.25, 0.3) is 22.0 Å². The van der Waals surface area contributed by atoms with Crippen LogP contribution < -0.4 is 36.8 Å². The smallest absolute Gasteiger partial charge is 0.246 e. The fourth-order valence-corrected chi connectivity index (χ4v) is 16.2. The molecule has 0 bridgehead atoms. The number of hydrogen-bond donors (Lipinski definition) is 8. The molecule has 37 heteroatoms. The SMILES string of the molecule is C=CC(=O)N1CCN(c2nc(NCCC(=O)N3CCN(C(=O)CCC[C@@H](C)[C@@H](O)CC(=O)N[C@@H](CC)C(=O)N(C)CC(=O)N(C)[C@@H](CC(C)C)C(=O)N[C@H](C(=O)N(C)[C@@H](CC(C)C)C(=O)N[C@@H](C)C(=O)N[C@H](C)C(=O)N(C)[C@@H](CC(C)C)C(=O)N(C)[C@@H](CC(C)C)C(=O)N(C)[C@H](C(=O)NC)C(C)C)C(C)C)CC3)nc3c(F)c(-c4c(O)cccc4F)c(Cl)cc23)CC1. The lowest BCUT2D eigenvalue weighted by Gasteiger charge is -2.39. The van der Waals surface area contributed by atoms with Crippen LogP contribution in [-0.4, -0.2) is 322 Å². The van der Waals surface area contributed by atoms with Crippen LogP contribution in [0.4, 0.5) is 20.5 Å². The molecule has 1 aromatic heterocycles. The highest BCUT2D eigenvalue weighted by molar-refractivity contribution is 6.34. The van der Waals surface area contributed by atoms with Crippen molar-refractivity contribution >= 4 is 117 Å². The molecule has 127 heavy (non-hydrogen) atoms. The number of carbonyl (C=O) groups excluding carboxylic acids is 14. The van der Waals surface area contributed by atoms with Gasteiger partial charge in [-0.1, -0.05) is 121 Å². The Kier molecular flexibility index (Phi) is 41.5. The molecule has 14 amide bonds. The molecule has 2 aliphatic rings. The van der Waals surface area contributed by atoms with Crippen molar-refractivity contribution in [2.45, 2.75) is 235 Å². The Morgan fingerprint density at radius 1 is 0.567 bits per heavy atom. The standard InChI is InChI=1S/C90H141ClF2N18O16/c1-25-62(98-69(114)48-68(113)56(15)29-27-32-71(116)109-35-37-110(38-36-109)72(117)33-34-95-90-100-78-59(80(101-90)111-41-39-108(40-42-111)70(115)26-2)47-60(91)74(76(78)93)75-61(92)30-28-31-67(75)112)86(124)102(19)49-73(118)103(20)63(43-50(3)4)83(121)99-77(54(11)12)89(127)104(21)64(44-51(5)6)82(120)96-57(16)81(119)97-58(17)85(123)105(22)65(45-52(7)8)87(125)106(23)66(46-53(9)10)88(126)107(24)79(55(13)14)84(122)94-18/h26,28,30-31,47,50-58,62-66,68,77,79,112-113H,2,25,27,29,32-46,48-49H2,1,3-24H3,(H,94,122)(H,96,120)(H,97,119)(H,98,114)(H,99,121)(H,95,100,101)/t56-,57+,58-,62+,63+,64+,65+,66+,68+,77+,79+/m1/s1. The Labute approximate surface area is 752 Å². The second kappa shape index (κ2) is 49.2. The summed E-state index contributed by atoms with van der Waals surface area (Å²) in [6.45, 7) is 33.5. The zero-order valence-electron chi connectivity index (χ0n) is 78.7. The van der Waals surface area contributed by atoms with E-state index in [1.807, 2.05) is 74.1 Å². The zero-order valence-corrected chi connectivity index (χ0v) is 79.4. The summed E-state index contributed by atoms with van der Waals surface area (Å²) in [7, 11) is 10.2. The molecule has 0 aliphatic carbocycles. The predicted octanol–water partition coefficient (Wildman–Crippen LogP) is 6.02. The number of amides is 14. The van der Waals surface area contributed by atoms with Gasteiger partial charge in [-0.3, -0.25) is 67.1 Å². The molecule has 0 unspecified atom stereocenters. The van der Waals surface area contributed by atoms with Crippen molar-refractivity contribution in [3.8, 4) is 16.9 Å². The Morgan fingerprint density at radius 2 is 1.06 bits per heavy atom. The average Bonchev–Trinajstić information content (AvgIpc) is 0.746. The lowest BCUT2D eigenvalue weighted by Crippen LogP contribution is -2.61. The van der Waals surface area contributed by atoms with E-state index in [1.54, 1.807) is 42.4 Å². The molecule has 0 spiro atoms. The number of rotatable bonds is 45. The maximum absolute atomic E-state index is 16.7. The summed E-state index contributed by atoms with van der Waals surface area (Å²) in [4.78, 5) is 218. The van der Waals surface area contributed by atoms with Crippen LogP contribution in [0.3, 0.4) is 0 Å². The molecule has 3 heterocycles. The van der Waals surface area contributed by atoms with Gasteiger partial charge in [0.1, 0.15) is 77.3 Å². The molecule has 5 rings (SSSR count). The van der Waals surface area contributed by atoms with Gasteiger partial charge >= 0.3 is 0 Å². The summed E-state index contributed by atoms with van der Waals surface area (Å²) in [5, 5.41) is 38.4. The first-order valence-corrected chi connectivity index (χ1v) is 44.6. The summed E-state index contributed by atoms with van der Waals surface area (Å²) in [5.74, 6) is -11.3. The van der Waals surface area contributed by atoms with Crippen molar-refractivity contribution in [3.05, 3.63) is 53.6 Å². The van der Waals surface area contributed by atoms with Gasteiger partial charge in [0.25, 0.3) is 0 Å². The quantitative estimate of drug-likeness (QED) is 0.0300. The second-order valence-corrected chi connectivity index (χ2v) is 36.6. The zero-order chi connectivity index (χ0) is 95.8. The van der Waals surface area contributed by atoms with Crippen molar-refractivity contribution in [2.75, 3.05) is 125 Å². The molecule has 11 atom stereocenters. The van der Waals surface area contributed by atoms with Crippen LogP contribution in [0, 0.1) is 53.1 Å². The molecular formula is C90H141ClF2N18O16. The predicted molar refractivity (Wildman–Crippen MR) is 482 cm³/mol. The number of nitrogens with one attached hydrogen (secondary N) is 6. The van der Waals surface area contributed by atoms with Gasteiger partial charge in [-0.25, -0.2) is 13.8 Å². The molecule has 34 nitrogen and oxygen atoms in total. The van der Waals surface area contributed by atoms with Gasteiger partial charge in [0, 0.05) is 132 Å². The normalized spacial score (nSPS) is 15.7. The van der Waals surface area contributed by atoms with E-state index in [2.05, 4.69) is 43.5 Å². The first-order valence-electron chi connectivity index (χ1n) is 44.3. The number of nitrogens with zero attached hydrogens (tertiary/aromatic N) is 12. The van der Waals surface area contributed by atoms with Crippen molar-refractivity contribution in [1.29, 1.82) is 0 Å². The van der Waals surface area contributed by atoms with Gasteiger partial charge in [0.2, 0.25) is 88.6 Å². The first-order chi connectivity index (χ1) is 59.4. The number of phenolic OH excluding ortho intramolecular Hbond substituents is 1. The molecule has 2 saturated heterocycles. The fraction of sp³-hybridized carbons (Fsp3) is 0.667. The van der Waals surface area contributed by atoms with Gasteiger partial charge in [0.05, 0.1) is 29.7 Å². The lowest BCUT2D eigenvalue weighted by atomic mass is 9.95. The third-order valence-electron chi connectivity index (χ3n) is 23.6. The van der Waals surface area contributed by atoms with Gasteiger partial charge in [-0.2, -0.15) is 4.98 Å². The first kappa shape index (κ1) is 107. The highest BCUT2D eigenvalue weighted by Gasteiger charge is 2.43. The highest BCUT2D eigenvalue weighted by atomic mass is 35.5. The second-order valence-electron chi connectivity index (χ2n) is 36.1. The average molecular weight is 1800 g/mol. The third-order valence-corrected chi connectivity index (χ3v) is 23.9. The van der Waals surface area contributed by atoms with Gasteiger partial charge in [-0.15, -0.1) is 0 Å². The number of aliphatic hydroxyl groups excluding tert-OH is 1. The van der Waals surface area contributed by atoms with Gasteiger partial charge in [0.15, 0.2) is 5.82 Å². The number of fused-ring (bicyclic) bond motifs is 1. The number of hydrogen-bond acceptors (Lipinski definition) is 20. The number of aromatic nitrogens is 2. The minimum absolute atomic E-state index is 0.0189. The molecule has 8 N–H and O–H groups in total. The monoisotopic (exact) mass is 1800 g/mol. The molecular weight excluding hydrogens is 1660 g/mol. The number of benzene rings is 2. The van der Waals surface area contributed by atoms with Crippen LogP contribution in [0.5, 0.6) is 5.75 Å². The van der Waals surface area contributed by atoms with E-state index < -0.39 is 166 Å². The van der Waals surface area contributed by atoms with Crippen LogP contribution in [0.2, 0.25) is 5.02 Å². The molecule has 2 aliphatic heterocycles. The van der Waals surface area contributed by atoms with E-state index in [0.29, 0.717) is 39.0 Å². The van der Waals surface area contributed by atoms with Crippen molar-refractivity contribution in [2.24, 2.45) is 41.4 Å². The van der Waals surface area contributed by atoms with Gasteiger partial charge < -0.3 is 91.1 Å². The van der Waals surface area contributed by atoms with Crippen molar-refractivity contribution < 1.29 is 86.1 Å². The van der Waals surface area contributed by atoms with Crippen LogP contribution in [0.1, 0.15) is 175 Å². The maximum Gasteiger partial charge on any atom is 0.246 e. The summed E-state index contributed by atoms with van der Waals surface area (Å²) < 4.78 is 31.9. The fourth-order valence-electron chi connectivity index (χ4n) is 15.9. The van der Waals surface area contributed by atoms with E-state index >= 15 is 8.78 Å². The topological polar surface area (TPSA) is 410 Å². The summed E-state index contributed by atoms with van der Waals surface area (Å²) >= 11 is 6.63. The van der Waals surface area contributed by atoms with E-state index in [9.17, 15) is 77.3 Å². The maximum atomic E-state index is 16.7. The minimum atomic E-state index is -1.26. The van der Waals surface area contributed by atoms with E-state index in [0.717, 1.165) is 11.0 Å². The van der Waals surface area contributed by atoms with Crippen LogP contribution in [-0.2, 0) is 67.1 Å². The Morgan fingerprint density at radius 3 is 1.57 bits per heavy atom. The number of halogens is 3. The van der Waals surface area contributed by atoms with Crippen LogP contribution >= 0.6 is 11.6 Å². The molecule has 2 fully saturated rings. The Hall–Kier alpha value is -10.4. The Balaban J connectivity index is 1.12. The van der Waals surface area contributed by atoms with Crippen LogP contribution in [0.15, 0.2) is 36.9 Å². The van der Waals surface area contributed by atoms with Crippen molar-refractivity contribution in [1.82, 2.24) is 80.7 Å². The largest absolute Gasteiger partial charge is 0.507 e. The van der Waals surface area contributed by atoms with E-state index in [-0.39, 0.29) is 165 Å². The molecule has 2 aromatic carbocycles. The number of likely N-dealkylation sites (N-methyl/N-ethyl adjacent to an activating group) is 7. The van der Waals surface area contributed by atoms with E-state index in [1.165, 1.54) is 112 Å². The molecule has 0 saturated carbocycles. The molecule has 708 valence electrons. The van der Waals surface area contributed by atoms with Crippen molar-refractivity contribution in [3.63, 3.8) is 0 Å². The Bertz CT molecular complexity index is 4350. The van der Waals surface area contributed by atoms with E-state index in [4.69, 9.17) is 16.6 Å². The van der Waals surface area contributed by atoms with Gasteiger partial charge in [-0.05, 0) is 124 Å². The number of piperazine rings is 2. The number of anilines is 2. The third kappa shape index (κ3) is 29.3. The molecule has 3 aromatic rings. The number of aliphatic hydroxyl groups is 1. The minimum Gasteiger partial charge on any atom is -0.507 e. The number of aromatic hydroxyl groups is 1. The highest BCUT2D eigenvalue weighted by Crippen LogP contribution is 2.43. The number of phenols is 1.